The lowest BCUT2D eigenvalue weighted by molar-refractivity contribution is -0.131. The van der Waals surface area contributed by atoms with Crippen LogP contribution in [0, 0.1) is 0 Å². The fourth-order valence-corrected chi connectivity index (χ4v) is 4.08. The third kappa shape index (κ3) is 4.79. The van der Waals surface area contributed by atoms with Crippen LogP contribution < -0.4 is 9.80 Å². The van der Waals surface area contributed by atoms with Crippen molar-refractivity contribution in [3.05, 3.63) is 48.7 Å². The standard InChI is InChI=1S/C22H29N5O2/c28-20-6-2-1-5-19(20)25-13-11-24(12-14-25)10-8-22(29)27-17-15-26(16-18-27)21-7-3-4-9-23-21/h1-7,9,28H,8,10-18H2. The minimum absolute atomic E-state index is 0.244. The van der Waals surface area contributed by atoms with Gasteiger partial charge in [-0.05, 0) is 24.3 Å². The Labute approximate surface area is 172 Å². The van der Waals surface area contributed by atoms with E-state index >= 15 is 0 Å². The Hall–Kier alpha value is -2.80. The first-order valence-electron chi connectivity index (χ1n) is 10.4. The molecule has 7 heteroatoms. The van der Waals surface area contributed by atoms with E-state index in [1.54, 1.807) is 6.07 Å². The molecule has 0 spiro atoms. The Balaban J connectivity index is 1.19. The number of carbonyl (C=O) groups excluding carboxylic acids is 1. The van der Waals surface area contributed by atoms with Gasteiger partial charge in [0.15, 0.2) is 0 Å². The Bertz CT molecular complexity index is 800. The molecule has 3 heterocycles. The minimum Gasteiger partial charge on any atom is -0.506 e. The van der Waals surface area contributed by atoms with Crippen LogP contribution in [0.4, 0.5) is 11.5 Å². The van der Waals surface area contributed by atoms with E-state index in [-0.39, 0.29) is 5.91 Å². The molecular weight excluding hydrogens is 366 g/mol. The highest BCUT2D eigenvalue weighted by Gasteiger charge is 2.23. The molecule has 2 aliphatic rings. The summed E-state index contributed by atoms with van der Waals surface area (Å²) in [5.74, 6) is 1.57. The lowest BCUT2D eigenvalue weighted by Crippen LogP contribution is -2.50. The maximum atomic E-state index is 12.6. The molecule has 1 N–H and O–H groups in total. The van der Waals surface area contributed by atoms with E-state index < -0.39 is 0 Å². The van der Waals surface area contributed by atoms with Gasteiger partial charge in [0, 0.05) is 71.5 Å². The molecule has 0 bridgehead atoms. The van der Waals surface area contributed by atoms with Gasteiger partial charge in [0.1, 0.15) is 11.6 Å². The first kappa shape index (κ1) is 19.5. The quantitative estimate of drug-likeness (QED) is 0.831. The summed E-state index contributed by atoms with van der Waals surface area (Å²) in [6.45, 7) is 7.55. The van der Waals surface area contributed by atoms with E-state index in [9.17, 15) is 9.90 Å². The number of carbonyl (C=O) groups is 1. The van der Waals surface area contributed by atoms with E-state index in [1.165, 1.54) is 0 Å². The molecule has 0 unspecified atom stereocenters. The molecule has 1 aromatic heterocycles. The average molecular weight is 396 g/mol. The van der Waals surface area contributed by atoms with Crippen LogP contribution >= 0.6 is 0 Å². The molecule has 29 heavy (non-hydrogen) atoms. The maximum absolute atomic E-state index is 12.6. The third-order valence-corrected chi connectivity index (χ3v) is 5.84. The number of piperazine rings is 2. The fraction of sp³-hybridized carbons (Fsp3) is 0.455. The van der Waals surface area contributed by atoms with Gasteiger partial charge < -0.3 is 19.8 Å². The number of amides is 1. The number of hydrogen-bond acceptors (Lipinski definition) is 6. The zero-order valence-corrected chi connectivity index (χ0v) is 16.8. The number of aromatic nitrogens is 1. The SMILES string of the molecule is O=C(CCN1CCN(c2ccccc2O)CC1)N1CCN(c2ccccn2)CC1. The smallest absolute Gasteiger partial charge is 0.223 e. The van der Waals surface area contributed by atoms with Crippen molar-refractivity contribution in [1.29, 1.82) is 0 Å². The summed E-state index contributed by atoms with van der Waals surface area (Å²) < 4.78 is 0. The Kier molecular flexibility index (Phi) is 6.14. The second kappa shape index (κ2) is 9.13. The van der Waals surface area contributed by atoms with Gasteiger partial charge in [-0.15, -0.1) is 0 Å². The number of phenols is 1. The van der Waals surface area contributed by atoms with Gasteiger partial charge in [-0.2, -0.15) is 0 Å². The van der Waals surface area contributed by atoms with Crippen molar-refractivity contribution in [2.45, 2.75) is 6.42 Å². The molecule has 2 saturated heterocycles. The number of phenolic OH excluding ortho intramolecular Hbond substituents is 1. The normalized spacial score (nSPS) is 18.1. The van der Waals surface area contributed by atoms with Gasteiger partial charge >= 0.3 is 0 Å². The van der Waals surface area contributed by atoms with Crippen LogP contribution in [-0.2, 0) is 4.79 Å². The Morgan fingerprint density at radius 1 is 0.862 bits per heavy atom. The van der Waals surface area contributed by atoms with Crippen LogP contribution in [0.2, 0.25) is 0 Å². The lowest BCUT2D eigenvalue weighted by Gasteiger charge is -2.37. The molecule has 1 amide bonds. The van der Waals surface area contributed by atoms with Crippen LogP contribution in [0.3, 0.4) is 0 Å². The predicted molar refractivity (Wildman–Crippen MR) is 114 cm³/mol. The van der Waals surface area contributed by atoms with E-state index in [1.807, 2.05) is 47.5 Å². The first-order valence-corrected chi connectivity index (χ1v) is 10.4. The lowest BCUT2D eigenvalue weighted by atomic mass is 10.2. The van der Waals surface area contributed by atoms with Crippen molar-refractivity contribution in [1.82, 2.24) is 14.8 Å². The monoisotopic (exact) mass is 395 g/mol. The molecule has 2 aromatic rings. The van der Waals surface area contributed by atoms with Crippen LogP contribution in [0.1, 0.15) is 6.42 Å². The number of benzene rings is 1. The number of aromatic hydroxyl groups is 1. The molecule has 7 nitrogen and oxygen atoms in total. The van der Waals surface area contributed by atoms with Gasteiger partial charge in [-0.25, -0.2) is 4.98 Å². The zero-order chi connectivity index (χ0) is 20.1. The topological polar surface area (TPSA) is 63.2 Å². The average Bonchev–Trinajstić information content (AvgIpc) is 2.79. The highest BCUT2D eigenvalue weighted by Crippen LogP contribution is 2.27. The molecule has 154 valence electrons. The van der Waals surface area contributed by atoms with Crippen LogP contribution in [0.5, 0.6) is 5.75 Å². The molecule has 1 aromatic carbocycles. The Morgan fingerprint density at radius 2 is 1.55 bits per heavy atom. The molecule has 2 fully saturated rings. The van der Waals surface area contributed by atoms with E-state index in [0.717, 1.165) is 70.4 Å². The van der Waals surface area contributed by atoms with Crippen molar-refractivity contribution in [2.24, 2.45) is 0 Å². The molecule has 4 rings (SSSR count). The van der Waals surface area contributed by atoms with E-state index in [2.05, 4.69) is 19.7 Å². The number of rotatable bonds is 5. The van der Waals surface area contributed by atoms with Crippen molar-refractivity contribution in [2.75, 3.05) is 68.7 Å². The summed E-state index contributed by atoms with van der Waals surface area (Å²) in [7, 11) is 0. The molecular formula is C22H29N5O2. The van der Waals surface area contributed by atoms with Gasteiger partial charge in [0.2, 0.25) is 5.91 Å². The largest absolute Gasteiger partial charge is 0.506 e. The Morgan fingerprint density at radius 3 is 2.24 bits per heavy atom. The number of anilines is 2. The molecule has 0 radical (unpaired) electrons. The maximum Gasteiger partial charge on any atom is 0.223 e. The van der Waals surface area contributed by atoms with Crippen molar-refractivity contribution in [3.8, 4) is 5.75 Å². The van der Waals surface area contributed by atoms with E-state index in [4.69, 9.17) is 0 Å². The molecule has 0 aliphatic carbocycles. The van der Waals surface area contributed by atoms with E-state index in [0.29, 0.717) is 12.2 Å². The number of pyridine rings is 1. The second-order valence-electron chi connectivity index (χ2n) is 7.62. The number of para-hydroxylation sites is 2. The number of nitrogens with zero attached hydrogens (tertiary/aromatic N) is 5. The van der Waals surface area contributed by atoms with Crippen LogP contribution in [0.15, 0.2) is 48.7 Å². The van der Waals surface area contributed by atoms with Crippen LogP contribution in [-0.4, -0.2) is 84.7 Å². The summed E-state index contributed by atoms with van der Waals surface area (Å²) in [6, 6.07) is 13.4. The van der Waals surface area contributed by atoms with Crippen molar-refractivity contribution < 1.29 is 9.90 Å². The van der Waals surface area contributed by atoms with Crippen molar-refractivity contribution in [3.63, 3.8) is 0 Å². The first-order chi connectivity index (χ1) is 14.2. The minimum atomic E-state index is 0.244. The summed E-state index contributed by atoms with van der Waals surface area (Å²) in [6.07, 6.45) is 2.38. The molecule has 0 saturated carbocycles. The fourth-order valence-electron chi connectivity index (χ4n) is 4.08. The van der Waals surface area contributed by atoms with Gasteiger partial charge in [0.25, 0.3) is 0 Å². The van der Waals surface area contributed by atoms with Crippen molar-refractivity contribution >= 4 is 17.4 Å². The second-order valence-corrected chi connectivity index (χ2v) is 7.62. The van der Waals surface area contributed by atoms with Crippen LogP contribution in [0.25, 0.3) is 0 Å². The summed E-state index contributed by atoms with van der Waals surface area (Å²) in [5, 5.41) is 10.0. The predicted octanol–water partition coefficient (Wildman–Crippen LogP) is 1.65. The van der Waals surface area contributed by atoms with Gasteiger partial charge in [-0.1, -0.05) is 18.2 Å². The summed E-state index contributed by atoms with van der Waals surface area (Å²) in [4.78, 5) is 25.8. The zero-order valence-electron chi connectivity index (χ0n) is 16.8. The summed E-state index contributed by atoms with van der Waals surface area (Å²) in [5.41, 5.74) is 0.897. The number of hydrogen-bond donors (Lipinski definition) is 1. The van der Waals surface area contributed by atoms with Gasteiger partial charge in [-0.3, -0.25) is 9.69 Å². The third-order valence-electron chi connectivity index (χ3n) is 5.84. The highest BCUT2D eigenvalue weighted by molar-refractivity contribution is 5.76. The molecule has 0 atom stereocenters. The highest BCUT2D eigenvalue weighted by atomic mass is 16.3. The molecule has 2 aliphatic heterocycles. The summed E-state index contributed by atoms with van der Waals surface area (Å²) >= 11 is 0. The van der Waals surface area contributed by atoms with Gasteiger partial charge in [0.05, 0.1) is 5.69 Å².